The zero-order valence-electron chi connectivity index (χ0n) is 13.7. The summed E-state index contributed by atoms with van der Waals surface area (Å²) in [5.41, 5.74) is 9.75. The summed E-state index contributed by atoms with van der Waals surface area (Å²) >= 11 is 4.93. The minimum absolute atomic E-state index is 0.243. The molecule has 0 aliphatic heterocycles. The Hall–Kier alpha value is -2.71. The van der Waals surface area contributed by atoms with Crippen molar-refractivity contribution in [3.05, 3.63) is 64.5 Å². The van der Waals surface area contributed by atoms with Crippen molar-refractivity contribution in [2.24, 2.45) is 0 Å². The second kappa shape index (κ2) is 6.89. The molecule has 6 nitrogen and oxygen atoms in total. The van der Waals surface area contributed by atoms with Crippen LogP contribution >= 0.6 is 27.3 Å². The Bertz CT molecular complexity index is 1090. The van der Waals surface area contributed by atoms with Gasteiger partial charge in [-0.15, -0.1) is 0 Å². The minimum Gasteiger partial charge on any atom is -0.345 e. The predicted octanol–water partition coefficient (Wildman–Crippen LogP) is 4.51. The normalized spacial score (nSPS) is 10.8. The van der Waals surface area contributed by atoms with Crippen LogP contribution in [-0.4, -0.2) is 20.9 Å². The van der Waals surface area contributed by atoms with Crippen LogP contribution in [0.4, 0.5) is 5.13 Å². The molecule has 2 aromatic heterocycles. The second-order valence-corrected chi connectivity index (χ2v) is 7.57. The average Bonchev–Trinajstić information content (AvgIpc) is 3.26. The lowest BCUT2D eigenvalue weighted by Gasteiger charge is -2.05. The van der Waals surface area contributed by atoms with Gasteiger partial charge in [-0.05, 0) is 42.8 Å². The predicted molar refractivity (Wildman–Crippen MR) is 107 cm³/mol. The van der Waals surface area contributed by atoms with Gasteiger partial charge in [0.1, 0.15) is 0 Å². The fraction of sp³-hybridized carbons (Fsp3) is 0.0556. The average molecular weight is 428 g/mol. The molecule has 2 aromatic carbocycles. The van der Waals surface area contributed by atoms with Gasteiger partial charge in [-0.25, -0.2) is 9.97 Å². The number of nitrogens with zero attached hydrogens (tertiary/aromatic N) is 2. The van der Waals surface area contributed by atoms with Crippen LogP contribution in [0.2, 0.25) is 0 Å². The van der Waals surface area contributed by atoms with Crippen molar-refractivity contribution >= 4 is 49.3 Å². The Morgan fingerprint density at radius 3 is 2.81 bits per heavy atom. The molecule has 0 saturated carbocycles. The quantitative estimate of drug-likeness (QED) is 0.418. The van der Waals surface area contributed by atoms with Crippen LogP contribution < -0.4 is 10.9 Å². The Morgan fingerprint density at radius 2 is 2.00 bits per heavy atom. The standard InChI is InChI=1S/C18H14BrN5OS/c1-10-16(11-2-5-13(19)6-3-11)26-18(22-10)24-23-17(25)12-4-7-14-15(8-12)21-9-20-14/h2-9H,1H3,(H,20,21)(H,22,24)(H,23,25). The highest BCUT2D eigenvalue weighted by Crippen LogP contribution is 2.33. The summed E-state index contributed by atoms with van der Waals surface area (Å²) in [5, 5.41) is 0.634. The van der Waals surface area contributed by atoms with Gasteiger partial charge in [-0.3, -0.25) is 15.6 Å². The number of aromatic amines is 1. The molecule has 0 radical (unpaired) electrons. The van der Waals surface area contributed by atoms with Crippen LogP contribution in [0.15, 0.2) is 53.3 Å². The molecule has 4 rings (SSSR count). The van der Waals surface area contributed by atoms with E-state index in [1.807, 2.05) is 37.3 Å². The van der Waals surface area contributed by atoms with E-state index in [2.05, 4.69) is 41.7 Å². The second-order valence-electron chi connectivity index (χ2n) is 5.65. The van der Waals surface area contributed by atoms with Gasteiger partial charge in [0.05, 0.1) is 27.9 Å². The van der Waals surface area contributed by atoms with Gasteiger partial charge >= 0.3 is 0 Å². The van der Waals surface area contributed by atoms with E-state index in [1.165, 1.54) is 11.3 Å². The van der Waals surface area contributed by atoms with E-state index in [0.29, 0.717) is 10.7 Å². The summed E-state index contributed by atoms with van der Waals surface area (Å²) in [6, 6.07) is 13.4. The first-order valence-electron chi connectivity index (χ1n) is 7.83. The maximum atomic E-state index is 12.3. The van der Waals surface area contributed by atoms with Crippen molar-refractivity contribution in [1.82, 2.24) is 20.4 Å². The number of fused-ring (bicyclic) bond motifs is 1. The lowest BCUT2D eigenvalue weighted by molar-refractivity contribution is 0.0963. The lowest BCUT2D eigenvalue weighted by atomic mass is 10.2. The van der Waals surface area contributed by atoms with Gasteiger partial charge in [-0.2, -0.15) is 0 Å². The van der Waals surface area contributed by atoms with E-state index in [4.69, 9.17) is 0 Å². The van der Waals surface area contributed by atoms with Gasteiger partial charge in [-0.1, -0.05) is 39.4 Å². The molecular weight excluding hydrogens is 414 g/mol. The number of anilines is 1. The Kier molecular flexibility index (Phi) is 4.44. The molecule has 0 aliphatic carbocycles. The van der Waals surface area contributed by atoms with Crippen LogP contribution in [0.3, 0.4) is 0 Å². The topological polar surface area (TPSA) is 82.7 Å². The molecule has 0 unspecified atom stereocenters. The smallest absolute Gasteiger partial charge is 0.269 e. The Balaban J connectivity index is 1.48. The van der Waals surface area contributed by atoms with Gasteiger partial charge in [0.15, 0.2) is 0 Å². The first kappa shape index (κ1) is 16.7. The number of H-pyrrole nitrogens is 1. The van der Waals surface area contributed by atoms with Crippen molar-refractivity contribution in [3.8, 4) is 10.4 Å². The molecule has 0 aliphatic rings. The number of rotatable bonds is 4. The number of aromatic nitrogens is 3. The molecule has 26 heavy (non-hydrogen) atoms. The van der Waals surface area contributed by atoms with Crippen molar-refractivity contribution in [3.63, 3.8) is 0 Å². The number of hydrogen-bond acceptors (Lipinski definition) is 5. The zero-order chi connectivity index (χ0) is 18.1. The highest BCUT2D eigenvalue weighted by molar-refractivity contribution is 9.10. The van der Waals surface area contributed by atoms with Crippen LogP contribution in [0, 0.1) is 6.92 Å². The highest BCUT2D eigenvalue weighted by Gasteiger charge is 2.12. The van der Waals surface area contributed by atoms with Crippen molar-refractivity contribution < 1.29 is 4.79 Å². The highest BCUT2D eigenvalue weighted by atomic mass is 79.9. The number of imidazole rings is 1. The van der Waals surface area contributed by atoms with E-state index >= 15 is 0 Å². The van der Waals surface area contributed by atoms with Gasteiger partial charge in [0.2, 0.25) is 5.13 Å². The van der Waals surface area contributed by atoms with Gasteiger partial charge in [0, 0.05) is 10.0 Å². The van der Waals surface area contributed by atoms with Crippen LogP contribution in [-0.2, 0) is 0 Å². The third-order valence-electron chi connectivity index (χ3n) is 3.87. The number of benzene rings is 2. The van der Waals surface area contributed by atoms with Crippen molar-refractivity contribution in [1.29, 1.82) is 0 Å². The number of halogens is 1. The molecule has 130 valence electrons. The van der Waals surface area contributed by atoms with Gasteiger partial charge in [0.25, 0.3) is 5.91 Å². The maximum absolute atomic E-state index is 12.3. The largest absolute Gasteiger partial charge is 0.345 e. The Morgan fingerprint density at radius 1 is 1.19 bits per heavy atom. The molecule has 8 heteroatoms. The third-order valence-corrected chi connectivity index (χ3v) is 5.52. The van der Waals surface area contributed by atoms with Crippen LogP contribution in [0.5, 0.6) is 0 Å². The van der Waals surface area contributed by atoms with Crippen molar-refractivity contribution in [2.45, 2.75) is 6.92 Å². The fourth-order valence-corrected chi connectivity index (χ4v) is 3.76. The van der Waals surface area contributed by atoms with Crippen molar-refractivity contribution in [2.75, 3.05) is 5.43 Å². The third kappa shape index (κ3) is 3.33. The number of carbonyl (C=O) groups excluding carboxylic acids is 1. The molecule has 4 aromatic rings. The molecule has 1 amide bonds. The first-order chi connectivity index (χ1) is 12.6. The number of hydrazine groups is 1. The number of hydrogen-bond donors (Lipinski definition) is 3. The summed E-state index contributed by atoms with van der Waals surface area (Å²) in [5.74, 6) is -0.243. The number of nitrogens with one attached hydrogen (secondary N) is 3. The van der Waals surface area contributed by atoms with Gasteiger partial charge < -0.3 is 4.98 Å². The SMILES string of the molecule is Cc1nc(NNC(=O)c2ccc3[nH]cnc3c2)sc1-c1ccc(Br)cc1. The molecule has 0 bridgehead atoms. The molecule has 2 heterocycles. The minimum atomic E-state index is -0.243. The summed E-state index contributed by atoms with van der Waals surface area (Å²) in [4.78, 5) is 25.1. The number of carbonyl (C=O) groups is 1. The van der Waals surface area contributed by atoms with E-state index in [0.717, 1.165) is 31.6 Å². The summed E-state index contributed by atoms with van der Waals surface area (Å²) in [6.07, 6.45) is 1.60. The molecule has 0 saturated heterocycles. The molecular formula is C18H14BrN5OS. The number of thiazole rings is 1. The van der Waals surface area contributed by atoms with E-state index < -0.39 is 0 Å². The van der Waals surface area contributed by atoms with Crippen LogP contribution in [0.25, 0.3) is 21.5 Å². The lowest BCUT2D eigenvalue weighted by Crippen LogP contribution is -2.29. The molecule has 0 spiro atoms. The van der Waals surface area contributed by atoms with Crippen LogP contribution in [0.1, 0.15) is 16.1 Å². The number of aryl methyl sites for hydroxylation is 1. The van der Waals surface area contributed by atoms with E-state index in [1.54, 1.807) is 18.5 Å². The van der Waals surface area contributed by atoms with E-state index in [-0.39, 0.29) is 5.91 Å². The molecule has 3 N–H and O–H groups in total. The molecule has 0 atom stereocenters. The summed E-state index contributed by atoms with van der Waals surface area (Å²) in [7, 11) is 0. The number of amides is 1. The summed E-state index contributed by atoms with van der Waals surface area (Å²) in [6.45, 7) is 1.95. The monoisotopic (exact) mass is 427 g/mol. The summed E-state index contributed by atoms with van der Waals surface area (Å²) < 4.78 is 1.03. The maximum Gasteiger partial charge on any atom is 0.269 e. The zero-order valence-corrected chi connectivity index (χ0v) is 16.1. The Labute approximate surface area is 161 Å². The molecule has 0 fully saturated rings. The first-order valence-corrected chi connectivity index (χ1v) is 9.44. The van der Waals surface area contributed by atoms with E-state index in [9.17, 15) is 4.79 Å². The fourth-order valence-electron chi connectivity index (χ4n) is 2.57.